The maximum absolute atomic E-state index is 13.6. The van der Waals surface area contributed by atoms with Gasteiger partial charge >= 0.3 is 0 Å². The molecule has 0 bridgehead atoms. The number of anilines is 1. The molecule has 2 aliphatic heterocycles. The Labute approximate surface area is 204 Å². The third kappa shape index (κ3) is 4.16. The number of fused-ring (bicyclic) bond motifs is 1. The second kappa shape index (κ2) is 9.50. The van der Waals surface area contributed by atoms with E-state index in [4.69, 9.17) is 16.7 Å². The van der Waals surface area contributed by atoms with Crippen molar-refractivity contribution in [3.05, 3.63) is 82.1 Å². The van der Waals surface area contributed by atoms with Crippen molar-refractivity contribution in [2.24, 2.45) is 0 Å². The smallest absolute Gasteiger partial charge is 0.274 e. The number of hydrogen-bond acceptors (Lipinski definition) is 4. The lowest BCUT2D eigenvalue weighted by Crippen LogP contribution is -2.49. The van der Waals surface area contributed by atoms with E-state index in [1.165, 1.54) is 5.69 Å². The van der Waals surface area contributed by atoms with Gasteiger partial charge in [-0.25, -0.2) is 0 Å². The first-order chi connectivity index (χ1) is 16.6. The van der Waals surface area contributed by atoms with Crippen LogP contribution in [0.5, 0.6) is 0 Å². The molecule has 176 valence electrons. The van der Waals surface area contributed by atoms with Gasteiger partial charge in [-0.2, -0.15) is 5.10 Å². The van der Waals surface area contributed by atoms with Crippen LogP contribution in [0.15, 0.2) is 54.6 Å². The van der Waals surface area contributed by atoms with Crippen molar-refractivity contribution in [2.75, 3.05) is 37.6 Å². The number of nitrogens with zero attached hydrogens (tertiary/aromatic N) is 5. The van der Waals surface area contributed by atoms with E-state index < -0.39 is 0 Å². The number of benzene rings is 2. The lowest BCUT2D eigenvalue weighted by molar-refractivity contribution is 0.0709. The summed E-state index contributed by atoms with van der Waals surface area (Å²) < 4.78 is 1.92. The van der Waals surface area contributed by atoms with Gasteiger partial charge < -0.3 is 14.7 Å². The van der Waals surface area contributed by atoms with Crippen LogP contribution < -0.4 is 4.90 Å². The van der Waals surface area contributed by atoms with Crippen molar-refractivity contribution in [3.8, 4) is 0 Å². The van der Waals surface area contributed by atoms with Crippen molar-refractivity contribution in [1.82, 2.24) is 19.6 Å². The first-order valence-electron chi connectivity index (χ1n) is 11.8. The fourth-order valence-corrected chi connectivity index (χ4v) is 5.08. The molecule has 0 atom stereocenters. The molecule has 2 aliphatic rings. The number of para-hydroxylation sites is 1. The van der Waals surface area contributed by atoms with E-state index in [1.54, 1.807) is 17.0 Å². The molecule has 0 radical (unpaired) electrons. The fourth-order valence-electron chi connectivity index (χ4n) is 4.86. The van der Waals surface area contributed by atoms with Gasteiger partial charge in [-0.1, -0.05) is 41.9 Å². The second-order valence-electron chi connectivity index (χ2n) is 8.66. The van der Waals surface area contributed by atoms with Gasteiger partial charge in [-0.15, -0.1) is 0 Å². The summed E-state index contributed by atoms with van der Waals surface area (Å²) >= 11 is 6.28. The minimum Gasteiger partial charge on any atom is -0.368 e. The number of hydrogen-bond donors (Lipinski definition) is 0. The zero-order valence-corrected chi connectivity index (χ0v) is 20.0. The first kappa shape index (κ1) is 22.5. The molecule has 0 aliphatic carbocycles. The van der Waals surface area contributed by atoms with E-state index in [9.17, 15) is 9.59 Å². The highest BCUT2D eigenvalue weighted by Crippen LogP contribution is 2.27. The van der Waals surface area contributed by atoms with Crippen LogP contribution in [0.1, 0.15) is 39.0 Å². The molecular formula is C26H28ClN5O2. The molecule has 1 aromatic heterocycles. The summed E-state index contributed by atoms with van der Waals surface area (Å²) in [6.45, 7) is 6.51. The average molecular weight is 478 g/mol. The number of piperazine rings is 1. The Morgan fingerprint density at radius 1 is 0.882 bits per heavy atom. The van der Waals surface area contributed by atoms with E-state index in [2.05, 4.69) is 17.0 Å². The van der Waals surface area contributed by atoms with Crippen LogP contribution in [0.2, 0.25) is 5.02 Å². The number of carbonyl (C=O) groups is 2. The summed E-state index contributed by atoms with van der Waals surface area (Å²) in [6.07, 6.45) is 0.668. The Morgan fingerprint density at radius 2 is 1.59 bits per heavy atom. The Bertz CT molecular complexity index is 1200. The maximum atomic E-state index is 13.6. The zero-order valence-electron chi connectivity index (χ0n) is 19.3. The third-order valence-corrected chi connectivity index (χ3v) is 7.05. The van der Waals surface area contributed by atoms with Crippen LogP contribution in [-0.4, -0.2) is 64.1 Å². The highest BCUT2D eigenvalue weighted by atomic mass is 35.5. The molecule has 2 aromatic carbocycles. The quantitative estimate of drug-likeness (QED) is 0.574. The molecule has 0 spiro atoms. The third-order valence-electron chi connectivity index (χ3n) is 6.72. The Hall–Kier alpha value is -3.32. The number of rotatable bonds is 4. The van der Waals surface area contributed by atoms with E-state index in [0.717, 1.165) is 24.3 Å². The van der Waals surface area contributed by atoms with Gasteiger partial charge in [-0.05, 0) is 31.2 Å². The number of aryl methyl sites for hydroxylation is 1. The molecule has 5 rings (SSSR count). The van der Waals surface area contributed by atoms with Crippen molar-refractivity contribution in [2.45, 2.75) is 26.4 Å². The number of amides is 2. The van der Waals surface area contributed by atoms with Crippen LogP contribution in [-0.2, 0) is 19.5 Å². The lowest BCUT2D eigenvalue weighted by atomic mass is 10.0. The van der Waals surface area contributed by atoms with Crippen LogP contribution in [0.25, 0.3) is 0 Å². The standard InChI is InChI=1S/C26H28ClN5O2/c1-2-32-23-12-13-31(25(33)20-10-6-7-11-22(20)27)18-21(23)24(28-32)26(34)30-16-14-29(15-17-30)19-8-4-3-5-9-19/h3-11H,2,12-18H2,1H3. The van der Waals surface area contributed by atoms with E-state index >= 15 is 0 Å². The molecule has 0 unspecified atom stereocenters. The number of carbonyl (C=O) groups excluding carboxylic acids is 2. The van der Waals surface area contributed by atoms with E-state index in [1.807, 2.05) is 46.8 Å². The number of aromatic nitrogens is 2. The van der Waals surface area contributed by atoms with Gasteiger partial charge in [0.05, 0.1) is 17.1 Å². The topological polar surface area (TPSA) is 61.7 Å². The molecular weight excluding hydrogens is 450 g/mol. The van der Waals surface area contributed by atoms with Crippen LogP contribution in [0.3, 0.4) is 0 Å². The Kier molecular flexibility index (Phi) is 6.28. The molecule has 7 nitrogen and oxygen atoms in total. The normalized spacial score (nSPS) is 15.9. The van der Waals surface area contributed by atoms with Gasteiger partial charge in [0.15, 0.2) is 5.69 Å². The summed E-state index contributed by atoms with van der Waals surface area (Å²) in [7, 11) is 0. The summed E-state index contributed by atoms with van der Waals surface area (Å²) in [5, 5.41) is 5.13. The van der Waals surface area contributed by atoms with Crippen LogP contribution in [0.4, 0.5) is 5.69 Å². The Morgan fingerprint density at radius 3 is 2.29 bits per heavy atom. The zero-order chi connectivity index (χ0) is 23.7. The molecule has 8 heteroatoms. The summed E-state index contributed by atoms with van der Waals surface area (Å²) in [4.78, 5) is 32.7. The maximum Gasteiger partial charge on any atom is 0.274 e. The molecule has 1 saturated heterocycles. The molecule has 34 heavy (non-hydrogen) atoms. The minimum absolute atomic E-state index is 0.0526. The van der Waals surface area contributed by atoms with E-state index in [0.29, 0.717) is 55.4 Å². The molecule has 1 fully saturated rings. The first-order valence-corrected chi connectivity index (χ1v) is 12.2. The van der Waals surface area contributed by atoms with Crippen molar-refractivity contribution in [1.29, 1.82) is 0 Å². The second-order valence-corrected chi connectivity index (χ2v) is 9.07. The van der Waals surface area contributed by atoms with E-state index in [-0.39, 0.29) is 11.8 Å². The largest absolute Gasteiger partial charge is 0.368 e. The fraction of sp³-hybridized carbons (Fsp3) is 0.346. The van der Waals surface area contributed by atoms with Gasteiger partial charge in [0, 0.05) is 62.6 Å². The van der Waals surface area contributed by atoms with Crippen molar-refractivity contribution in [3.63, 3.8) is 0 Å². The molecule has 2 amide bonds. The summed E-state index contributed by atoms with van der Waals surface area (Å²) in [5.41, 5.74) is 4.05. The van der Waals surface area contributed by atoms with Gasteiger partial charge in [0.25, 0.3) is 11.8 Å². The number of halogens is 1. The Balaban J connectivity index is 1.35. The van der Waals surface area contributed by atoms with Crippen molar-refractivity contribution >= 4 is 29.1 Å². The monoisotopic (exact) mass is 477 g/mol. The SMILES string of the molecule is CCn1nc(C(=O)N2CCN(c3ccccc3)CC2)c2c1CCN(C(=O)c1ccccc1Cl)C2. The highest BCUT2D eigenvalue weighted by molar-refractivity contribution is 6.33. The van der Waals surface area contributed by atoms with Gasteiger partial charge in [0.2, 0.25) is 0 Å². The molecule has 3 aromatic rings. The minimum atomic E-state index is -0.115. The lowest BCUT2D eigenvalue weighted by Gasteiger charge is -2.36. The van der Waals surface area contributed by atoms with Crippen LogP contribution >= 0.6 is 11.6 Å². The van der Waals surface area contributed by atoms with Crippen LogP contribution in [0, 0.1) is 0 Å². The molecule has 0 N–H and O–H groups in total. The predicted molar refractivity (Wildman–Crippen MR) is 132 cm³/mol. The van der Waals surface area contributed by atoms with Crippen molar-refractivity contribution < 1.29 is 9.59 Å². The predicted octanol–water partition coefficient (Wildman–Crippen LogP) is 3.72. The average Bonchev–Trinajstić information content (AvgIpc) is 3.27. The summed E-state index contributed by atoms with van der Waals surface area (Å²) in [5.74, 6) is -0.168. The molecule has 0 saturated carbocycles. The molecule has 3 heterocycles. The summed E-state index contributed by atoms with van der Waals surface area (Å²) in [6, 6.07) is 17.4. The highest BCUT2D eigenvalue weighted by Gasteiger charge is 2.33. The van der Waals surface area contributed by atoms with Gasteiger partial charge in [0.1, 0.15) is 0 Å². The van der Waals surface area contributed by atoms with Gasteiger partial charge in [-0.3, -0.25) is 14.3 Å².